The van der Waals surface area contributed by atoms with Crippen LogP contribution >= 0.6 is 0 Å². The molecule has 6 nitrogen and oxygen atoms in total. The van der Waals surface area contributed by atoms with E-state index in [0.29, 0.717) is 35.1 Å². The van der Waals surface area contributed by atoms with E-state index in [0.717, 1.165) is 0 Å². The van der Waals surface area contributed by atoms with Crippen molar-refractivity contribution in [1.82, 2.24) is 9.97 Å². The van der Waals surface area contributed by atoms with Gasteiger partial charge in [0.2, 0.25) is 5.95 Å². The minimum atomic E-state index is -3.65. The van der Waals surface area contributed by atoms with Gasteiger partial charge >= 0.3 is 0 Å². The summed E-state index contributed by atoms with van der Waals surface area (Å²) in [6.07, 6.45) is 4.06. The lowest BCUT2D eigenvalue weighted by molar-refractivity contribution is -0.120. The molecule has 1 aromatic heterocycles. The van der Waals surface area contributed by atoms with Crippen LogP contribution < -0.4 is 5.73 Å². The first-order chi connectivity index (χ1) is 14.4. The molecule has 0 aliphatic heterocycles. The van der Waals surface area contributed by atoms with Crippen LogP contribution in [0.4, 0.5) is 10.3 Å². The molecule has 2 aromatic carbocycles. The Kier molecular flexibility index (Phi) is 5.34. The highest BCUT2D eigenvalue weighted by atomic mass is 32.2. The number of hydrogen-bond donors (Lipinski definition) is 1. The number of anilines is 1. The van der Waals surface area contributed by atoms with Crippen LogP contribution in [0.15, 0.2) is 59.8 Å². The Bertz CT molecular complexity index is 1200. The number of nitrogen functional groups attached to an aromatic ring is 1. The van der Waals surface area contributed by atoms with Crippen LogP contribution in [0.25, 0.3) is 22.3 Å². The van der Waals surface area contributed by atoms with Gasteiger partial charge in [-0.15, -0.1) is 0 Å². The molecule has 4 rings (SSSR count). The maximum Gasteiger partial charge on any atom is 0.219 e. The molecule has 1 aliphatic carbocycles. The molecule has 1 heterocycles. The molecule has 0 unspecified atom stereocenters. The molecule has 1 fully saturated rings. The van der Waals surface area contributed by atoms with Gasteiger partial charge in [-0.25, -0.2) is 22.8 Å². The van der Waals surface area contributed by atoms with Crippen molar-refractivity contribution in [3.8, 4) is 22.3 Å². The number of rotatable bonds is 4. The fourth-order valence-electron chi connectivity index (χ4n) is 3.75. The van der Waals surface area contributed by atoms with E-state index >= 15 is 0 Å². The highest BCUT2D eigenvalue weighted by Crippen LogP contribution is 2.35. The molecule has 1 saturated carbocycles. The van der Waals surface area contributed by atoms with Crippen molar-refractivity contribution in [2.75, 3.05) is 5.73 Å². The van der Waals surface area contributed by atoms with Gasteiger partial charge in [0.25, 0.3) is 0 Å². The average molecular weight is 425 g/mol. The molecule has 2 N–H and O–H groups in total. The highest BCUT2D eigenvalue weighted by Gasteiger charge is 2.33. The molecule has 30 heavy (non-hydrogen) atoms. The number of Topliss-reactive ketones (excluding diaryl/α,β-unsaturated/α-hetero) is 1. The zero-order chi connectivity index (χ0) is 21.3. The summed E-state index contributed by atoms with van der Waals surface area (Å²) in [4.78, 5) is 19.4. The van der Waals surface area contributed by atoms with E-state index in [1.807, 2.05) is 0 Å². The smallest absolute Gasteiger partial charge is 0.219 e. The molecular weight excluding hydrogens is 405 g/mol. The van der Waals surface area contributed by atoms with E-state index in [-0.39, 0.29) is 29.5 Å². The maximum absolute atomic E-state index is 14.9. The van der Waals surface area contributed by atoms with E-state index in [1.165, 1.54) is 18.5 Å². The van der Waals surface area contributed by atoms with E-state index in [1.54, 1.807) is 36.4 Å². The number of carbonyl (C=O) groups excluding carboxylic acids is 1. The molecule has 0 radical (unpaired) electrons. The number of nitrogens with two attached hydrogens (primary N) is 1. The molecule has 0 amide bonds. The summed E-state index contributed by atoms with van der Waals surface area (Å²) in [5.74, 6) is -0.324. The quantitative estimate of drug-likeness (QED) is 0.682. The number of nitrogens with zero attached hydrogens (tertiary/aromatic N) is 2. The Morgan fingerprint density at radius 1 is 0.933 bits per heavy atom. The van der Waals surface area contributed by atoms with Crippen LogP contribution in [0.5, 0.6) is 0 Å². The Balaban J connectivity index is 1.73. The van der Waals surface area contributed by atoms with Crippen LogP contribution in [0.1, 0.15) is 25.7 Å². The van der Waals surface area contributed by atoms with Crippen molar-refractivity contribution in [3.05, 3.63) is 60.7 Å². The zero-order valence-corrected chi connectivity index (χ0v) is 16.9. The maximum atomic E-state index is 14.9. The van der Waals surface area contributed by atoms with Crippen LogP contribution in [0, 0.1) is 5.82 Å². The number of sulfone groups is 1. The van der Waals surface area contributed by atoms with Crippen LogP contribution in [0.3, 0.4) is 0 Å². The van der Waals surface area contributed by atoms with Gasteiger partial charge in [0, 0.05) is 41.9 Å². The fourth-order valence-corrected chi connectivity index (χ4v) is 5.73. The molecule has 154 valence electrons. The third-order valence-corrected chi connectivity index (χ3v) is 7.70. The van der Waals surface area contributed by atoms with Gasteiger partial charge in [0.05, 0.1) is 10.1 Å². The summed E-state index contributed by atoms with van der Waals surface area (Å²) in [5, 5.41) is -0.604. The molecule has 0 saturated heterocycles. The largest absolute Gasteiger partial charge is 0.368 e. The average Bonchev–Trinajstić information content (AvgIpc) is 2.75. The molecule has 3 aromatic rings. The third-order valence-electron chi connectivity index (χ3n) is 5.39. The van der Waals surface area contributed by atoms with Gasteiger partial charge < -0.3 is 5.73 Å². The highest BCUT2D eigenvalue weighted by molar-refractivity contribution is 7.92. The van der Waals surface area contributed by atoms with Crippen LogP contribution in [-0.4, -0.2) is 29.4 Å². The van der Waals surface area contributed by atoms with Crippen molar-refractivity contribution in [2.45, 2.75) is 35.8 Å². The molecule has 0 spiro atoms. The predicted molar refractivity (Wildman–Crippen MR) is 112 cm³/mol. The summed E-state index contributed by atoms with van der Waals surface area (Å²) in [5.41, 5.74) is 7.14. The van der Waals surface area contributed by atoms with Gasteiger partial charge in [0.15, 0.2) is 9.84 Å². The second-order valence-corrected chi connectivity index (χ2v) is 9.50. The summed E-state index contributed by atoms with van der Waals surface area (Å²) >= 11 is 0. The van der Waals surface area contributed by atoms with E-state index in [2.05, 4.69) is 9.97 Å². The first kappa shape index (κ1) is 20.2. The first-order valence-electron chi connectivity index (χ1n) is 9.58. The molecule has 0 bridgehead atoms. The standard InChI is InChI=1S/C22H20FN3O3S/c23-20-11-14(5-10-18(20)15-12-25-22(24)26-13-15)19-3-1-2-4-21(19)30(28,29)17-8-6-16(27)7-9-17/h1-5,10-13,17H,6-9H2,(H2,24,25,26). The molecule has 8 heteroatoms. The second kappa shape index (κ2) is 7.95. The fraction of sp³-hybridized carbons (Fsp3) is 0.227. The van der Waals surface area contributed by atoms with Crippen molar-refractivity contribution in [2.24, 2.45) is 0 Å². The number of hydrogen-bond acceptors (Lipinski definition) is 6. The monoisotopic (exact) mass is 425 g/mol. The molecule has 1 aliphatic rings. The number of ketones is 1. The predicted octanol–water partition coefficient (Wildman–Crippen LogP) is 3.82. The second-order valence-electron chi connectivity index (χ2n) is 7.30. The van der Waals surface area contributed by atoms with Gasteiger partial charge in [0.1, 0.15) is 11.6 Å². The number of carbonyl (C=O) groups is 1. The van der Waals surface area contributed by atoms with E-state index in [4.69, 9.17) is 5.73 Å². The summed E-state index contributed by atoms with van der Waals surface area (Å²) in [7, 11) is -3.65. The van der Waals surface area contributed by atoms with Crippen molar-refractivity contribution in [3.63, 3.8) is 0 Å². The number of aromatic nitrogens is 2. The van der Waals surface area contributed by atoms with Crippen molar-refractivity contribution < 1.29 is 17.6 Å². The van der Waals surface area contributed by atoms with Crippen LogP contribution in [-0.2, 0) is 14.6 Å². The number of halogens is 1. The topological polar surface area (TPSA) is 103 Å². The lowest BCUT2D eigenvalue weighted by Crippen LogP contribution is -2.27. The third kappa shape index (κ3) is 3.82. The lowest BCUT2D eigenvalue weighted by atomic mass is 9.99. The van der Waals surface area contributed by atoms with Gasteiger partial charge in [-0.3, -0.25) is 4.79 Å². The normalized spacial score (nSPS) is 15.3. The number of benzene rings is 2. The summed E-state index contributed by atoms with van der Waals surface area (Å²) < 4.78 is 41.4. The van der Waals surface area contributed by atoms with Gasteiger partial charge in [-0.05, 0) is 30.5 Å². The minimum absolute atomic E-state index is 0.0963. The van der Waals surface area contributed by atoms with Gasteiger partial charge in [-0.2, -0.15) is 0 Å². The Morgan fingerprint density at radius 3 is 2.27 bits per heavy atom. The van der Waals surface area contributed by atoms with E-state index in [9.17, 15) is 17.6 Å². The molecular formula is C22H20FN3O3S. The zero-order valence-electron chi connectivity index (χ0n) is 16.1. The molecule has 0 atom stereocenters. The Hall–Kier alpha value is -3.13. The summed E-state index contributed by atoms with van der Waals surface area (Å²) in [6, 6.07) is 11.1. The van der Waals surface area contributed by atoms with E-state index < -0.39 is 20.9 Å². The Morgan fingerprint density at radius 2 is 1.60 bits per heavy atom. The SMILES string of the molecule is Nc1ncc(-c2ccc(-c3ccccc3S(=O)(=O)C3CCC(=O)CC3)cc2F)cn1. The Labute approximate surface area is 173 Å². The van der Waals surface area contributed by atoms with Crippen molar-refractivity contribution in [1.29, 1.82) is 0 Å². The lowest BCUT2D eigenvalue weighted by Gasteiger charge is -2.22. The van der Waals surface area contributed by atoms with Gasteiger partial charge in [-0.1, -0.05) is 30.3 Å². The minimum Gasteiger partial charge on any atom is -0.368 e. The first-order valence-corrected chi connectivity index (χ1v) is 11.1. The van der Waals surface area contributed by atoms with Crippen molar-refractivity contribution >= 4 is 21.6 Å². The summed E-state index contributed by atoms with van der Waals surface area (Å²) in [6.45, 7) is 0. The van der Waals surface area contributed by atoms with Crippen LogP contribution in [0.2, 0.25) is 0 Å².